The van der Waals surface area contributed by atoms with Crippen molar-refractivity contribution >= 4 is 40.9 Å². The van der Waals surface area contributed by atoms with Crippen LogP contribution in [0.4, 0.5) is 0 Å². The van der Waals surface area contributed by atoms with Crippen LogP contribution < -0.4 is 11.2 Å². The van der Waals surface area contributed by atoms with Crippen molar-refractivity contribution in [1.29, 1.82) is 0 Å². The Balaban J connectivity index is 2.35. The maximum Gasteiger partial charge on any atom is 0.353 e. The third-order valence-corrected chi connectivity index (χ3v) is 6.24. The van der Waals surface area contributed by atoms with E-state index in [1.54, 1.807) is 26.0 Å². The van der Waals surface area contributed by atoms with E-state index in [0.717, 1.165) is 38.8 Å². The summed E-state index contributed by atoms with van der Waals surface area (Å²) in [6.07, 6.45) is -4.48. The Morgan fingerprint density at radius 3 is 1.95 bits per heavy atom. The van der Waals surface area contributed by atoms with Gasteiger partial charge >= 0.3 is 35.5 Å². The van der Waals surface area contributed by atoms with E-state index in [0.29, 0.717) is 10.1 Å². The number of carboxylic acid groups (broad SMARTS) is 1. The van der Waals surface area contributed by atoms with Crippen LogP contribution in [0.5, 0.6) is 0 Å². The van der Waals surface area contributed by atoms with Crippen molar-refractivity contribution in [3.05, 3.63) is 44.1 Å². The second-order valence-electron chi connectivity index (χ2n) is 9.67. The van der Waals surface area contributed by atoms with E-state index < -0.39 is 79.1 Å². The number of benzene rings is 1. The summed E-state index contributed by atoms with van der Waals surface area (Å²) in [6, 6.07) is 3.33. The molecule has 3 rings (SSSR count). The van der Waals surface area contributed by atoms with Crippen LogP contribution in [-0.4, -0.2) is 79.0 Å². The first kappa shape index (κ1) is 32.4. The molecular formula is C27H30N4O12. The van der Waals surface area contributed by atoms with E-state index in [1.807, 2.05) is 0 Å². The first-order valence-electron chi connectivity index (χ1n) is 12.9. The Kier molecular flexibility index (Phi) is 9.95. The Bertz CT molecular complexity index is 1690. The van der Waals surface area contributed by atoms with Crippen LogP contribution in [0.3, 0.4) is 0 Å². The molecule has 2 aliphatic heterocycles. The molecule has 0 aromatic heterocycles. The van der Waals surface area contributed by atoms with E-state index in [4.69, 9.17) is 18.9 Å². The number of carboxylic acids is 1. The summed E-state index contributed by atoms with van der Waals surface area (Å²) in [6.45, 7) is 5.91. The third kappa shape index (κ3) is 7.78. The van der Waals surface area contributed by atoms with Crippen molar-refractivity contribution in [2.24, 2.45) is 0 Å². The minimum absolute atomic E-state index is 0.247. The molecule has 0 saturated carbocycles. The van der Waals surface area contributed by atoms with Gasteiger partial charge in [0.1, 0.15) is 13.2 Å². The highest BCUT2D eigenvalue weighted by molar-refractivity contribution is 5.81. The molecule has 0 unspecified atom stereocenters. The molecule has 1 aromatic rings. The van der Waals surface area contributed by atoms with Gasteiger partial charge in [-0.05, 0) is 37.1 Å². The molecule has 2 heterocycles. The lowest BCUT2D eigenvalue weighted by Gasteiger charge is -2.32. The Labute approximate surface area is 243 Å². The zero-order chi connectivity index (χ0) is 32.2. The average molecular weight is 603 g/mol. The Morgan fingerprint density at radius 2 is 1.40 bits per heavy atom. The summed E-state index contributed by atoms with van der Waals surface area (Å²) in [5.41, 5.74) is -0.435. The fraction of sp³-hybridized carbons (Fsp3) is 0.444. The van der Waals surface area contributed by atoms with E-state index in [-0.39, 0.29) is 17.0 Å². The van der Waals surface area contributed by atoms with Crippen LogP contribution in [-0.2, 0) is 56.0 Å². The molecule has 2 aliphatic rings. The van der Waals surface area contributed by atoms with Gasteiger partial charge in [0.25, 0.3) is 5.56 Å². The van der Waals surface area contributed by atoms with Crippen LogP contribution in [0.15, 0.2) is 21.7 Å². The fourth-order valence-corrected chi connectivity index (χ4v) is 4.38. The molecule has 0 bridgehead atoms. The van der Waals surface area contributed by atoms with Gasteiger partial charge in [0.2, 0.25) is 0 Å². The molecule has 16 heteroatoms. The lowest BCUT2D eigenvalue weighted by Crippen LogP contribution is -2.49. The zero-order valence-corrected chi connectivity index (χ0v) is 24.2. The van der Waals surface area contributed by atoms with Gasteiger partial charge in [-0.25, -0.2) is 14.3 Å². The third-order valence-electron chi connectivity index (χ3n) is 6.24. The molecule has 0 aliphatic carbocycles. The number of hydrogen-bond acceptors (Lipinski definition) is 13. The minimum Gasteiger partial charge on any atom is -0.480 e. The van der Waals surface area contributed by atoms with Crippen molar-refractivity contribution in [2.75, 3.05) is 6.61 Å². The molecule has 43 heavy (non-hydrogen) atoms. The number of carbonyl (C=O) groups is 5. The number of aliphatic carboxylic acids is 1. The fourth-order valence-electron chi connectivity index (χ4n) is 4.38. The number of nitrogens with zero attached hydrogens (tertiary/aromatic N) is 4. The van der Waals surface area contributed by atoms with Gasteiger partial charge in [-0.1, -0.05) is 0 Å². The zero-order valence-electron chi connectivity index (χ0n) is 24.2. The lowest BCUT2D eigenvalue weighted by atomic mass is 10.1. The van der Waals surface area contributed by atoms with Crippen LogP contribution in [0.2, 0.25) is 0 Å². The maximum atomic E-state index is 13.3. The smallest absolute Gasteiger partial charge is 0.353 e. The van der Waals surface area contributed by atoms with Gasteiger partial charge < -0.3 is 28.6 Å². The Hall–Kier alpha value is -5.15. The first-order valence-corrected chi connectivity index (χ1v) is 12.9. The summed E-state index contributed by atoms with van der Waals surface area (Å²) in [5.74, 6) is -5.00. The molecule has 230 valence electrons. The lowest BCUT2D eigenvalue weighted by molar-refractivity contribution is -0.190. The molecule has 0 radical (unpaired) electrons. The topological polar surface area (TPSA) is 212 Å². The SMILES string of the molecule is CC(=O)OC[C@@H](OC(C)=O)[C@@H](OC(C)=O)[C@H](Cn1c2nc(=O)n(CC(=O)O)c(=O)c-2nc2cc(C)c(C)cc21)OC(C)=O. The van der Waals surface area contributed by atoms with Crippen molar-refractivity contribution < 1.29 is 48.0 Å². The summed E-state index contributed by atoms with van der Waals surface area (Å²) < 4.78 is 23.0. The number of aryl methyl sites for hydroxylation is 2. The molecule has 0 amide bonds. The first-order chi connectivity index (χ1) is 20.1. The second kappa shape index (κ2) is 13.2. The van der Waals surface area contributed by atoms with Gasteiger partial charge in [0, 0.05) is 27.7 Å². The summed E-state index contributed by atoms with van der Waals surface area (Å²) in [5, 5.41) is 9.20. The maximum absolute atomic E-state index is 13.3. The molecule has 0 saturated heterocycles. The molecule has 1 aromatic carbocycles. The van der Waals surface area contributed by atoms with Crippen LogP contribution in [0, 0.1) is 13.8 Å². The number of fused-ring (bicyclic) bond motifs is 2. The summed E-state index contributed by atoms with van der Waals surface area (Å²) in [7, 11) is 0. The van der Waals surface area contributed by atoms with Crippen LogP contribution >= 0.6 is 0 Å². The van der Waals surface area contributed by atoms with E-state index >= 15 is 0 Å². The second-order valence-corrected chi connectivity index (χ2v) is 9.67. The van der Waals surface area contributed by atoms with Crippen LogP contribution in [0.1, 0.15) is 38.8 Å². The highest BCUT2D eigenvalue weighted by Gasteiger charge is 2.39. The molecule has 0 fully saturated rings. The number of rotatable bonds is 11. The molecular weight excluding hydrogens is 572 g/mol. The van der Waals surface area contributed by atoms with Crippen molar-refractivity contribution in [1.82, 2.24) is 19.1 Å². The van der Waals surface area contributed by atoms with Gasteiger partial charge in [0.15, 0.2) is 29.8 Å². The standard InChI is InChI=1S/C27H30N4O12/c1-12-7-18-19(8-13(12)2)30(25-23(28-18)26(38)31(10-22(36)37)27(39)29-25)9-20(41-15(4)33)24(43-17(6)35)21(42-16(5)34)11-40-14(3)32/h7-8,20-21,24H,9-11H2,1-6H3,(H,36,37)/t20-,21+,24-/m0/s1. The number of hydrogen-bond donors (Lipinski definition) is 1. The van der Waals surface area contributed by atoms with Gasteiger partial charge in [-0.3, -0.25) is 28.8 Å². The normalized spacial score (nSPS) is 13.2. The summed E-state index contributed by atoms with van der Waals surface area (Å²) in [4.78, 5) is 93.6. The average Bonchev–Trinajstić information content (AvgIpc) is 2.88. The van der Waals surface area contributed by atoms with Crippen molar-refractivity contribution in [3.63, 3.8) is 0 Å². The van der Waals surface area contributed by atoms with Crippen molar-refractivity contribution in [2.45, 2.75) is 72.9 Å². The molecule has 1 N–H and O–H groups in total. The predicted octanol–water partition coefficient (Wildman–Crippen LogP) is 0.118. The number of ether oxygens (including phenoxy) is 4. The number of aromatic nitrogens is 4. The summed E-state index contributed by atoms with van der Waals surface area (Å²) >= 11 is 0. The quantitative estimate of drug-likeness (QED) is 0.175. The van der Waals surface area contributed by atoms with Gasteiger partial charge in [0.05, 0.1) is 17.6 Å². The van der Waals surface area contributed by atoms with E-state index in [2.05, 4.69) is 9.97 Å². The van der Waals surface area contributed by atoms with Gasteiger partial charge in [-0.15, -0.1) is 0 Å². The molecule has 3 atom stereocenters. The number of esters is 4. The van der Waals surface area contributed by atoms with E-state index in [1.165, 1.54) is 4.57 Å². The monoisotopic (exact) mass is 602 g/mol. The molecule has 16 nitrogen and oxygen atoms in total. The minimum atomic E-state index is -1.55. The van der Waals surface area contributed by atoms with Gasteiger partial charge in [-0.2, -0.15) is 4.98 Å². The largest absolute Gasteiger partial charge is 0.480 e. The Morgan fingerprint density at radius 1 is 0.814 bits per heavy atom. The van der Waals surface area contributed by atoms with Crippen LogP contribution in [0.25, 0.3) is 22.6 Å². The predicted molar refractivity (Wildman–Crippen MR) is 145 cm³/mol. The van der Waals surface area contributed by atoms with Crippen molar-refractivity contribution in [3.8, 4) is 11.5 Å². The number of carbonyl (C=O) groups excluding carboxylic acids is 4. The van der Waals surface area contributed by atoms with E-state index in [9.17, 15) is 38.7 Å². The molecule has 0 spiro atoms. The highest BCUT2D eigenvalue weighted by Crippen LogP contribution is 2.26. The highest BCUT2D eigenvalue weighted by atomic mass is 16.6.